The van der Waals surface area contributed by atoms with E-state index >= 15 is 0 Å². The first-order valence-electron chi connectivity index (χ1n) is 9.43. The second kappa shape index (κ2) is 12.3. The maximum Gasteiger partial charge on any atom is 0.269 e. The summed E-state index contributed by atoms with van der Waals surface area (Å²) < 4.78 is 11.7. The molecule has 3 N–H and O–H groups in total. The maximum atomic E-state index is 12.5. The van der Waals surface area contributed by atoms with Crippen LogP contribution in [0, 0.1) is 3.57 Å². The van der Waals surface area contributed by atoms with E-state index in [2.05, 4.69) is 45.7 Å². The van der Waals surface area contributed by atoms with E-state index in [-0.39, 0.29) is 5.11 Å². The Morgan fingerprint density at radius 1 is 1.03 bits per heavy atom. The number of carbonyl (C=O) groups excluding carboxylic acids is 2. The largest absolute Gasteiger partial charge is 0.496 e. The number of thiocarbonyl (C=S) groups is 1. The van der Waals surface area contributed by atoms with E-state index in [9.17, 15) is 9.59 Å². The van der Waals surface area contributed by atoms with Gasteiger partial charge in [-0.1, -0.05) is 31.9 Å². The number of unbranched alkanes of at least 4 members (excludes halogenated alkanes) is 2. The minimum atomic E-state index is -0.424. The fourth-order valence-corrected chi connectivity index (χ4v) is 3.39. The molecule has 0 aromatic heterocycles. The number of para-hydroxylation sites is 1. The highest BCUT2D eigenvalue weighted by atomic mass is 127. The molecule has 0 bridgehead atoms. The topological polar surface area (TPSA) is 88.7 Å². The van der Waals surface area contributed by atoms with Gasteiger partial charge in [-0.3, -0.25) is 25.8 Å². The quantitative estimate of drug-likeness (QED) is 0.204. The van der Waals surface area contributed by atoms with Crippen LogP contribution < -0.4 is 25.6 Å². The third-order valence-electron chi connectivity index (χ3n) is 4.07. The molecule has 0 heterocycles. The van der Waals surface area contributed by atoms with Gasteiger partial charge in [0.25, 0.3) is 11.8 Å². The van der Waals surface area contributed by atoms with Gasteiger partial charge >= 0.3 is 0 Å². The molecule has 0 fully saturated rings. The Morgan fingerprint density at radius 3 is 2.50 bits per heavy atom. The third kappa shape index (κ3) is 7.13. The minimum Gasteiger partial charge on any atom is -0.496 e. The Morgan fingerprint density at radius 2 is 1.80 bits per heavy atom. The Hall–Kier alpha value is -2.40. The van der Waals surface area contributed by atoms with Gasteiger partial charge in [0.05, 0.1) is 22.9 Å². The summed E-state index contributed by atoms with van der Waals surface area (Å²) in [4.78, 5) is 24.8. The molecule has 0 spiro atoms. The second-order valence-corrected chi connectivity index (χ2v) is 7.83. The van der Waals surface area contributed by atoms with Crippen molar-refractivity contribution >= 4 is 51.7 Å². The van der Waals surface area contributed by atoms with Crippen LogP contribution in [0.3, 0.4) is 0 Å². The molecule has 9 heteroatoms. The minimum absolute atomic E-state index is 0.0302. The fraction of sp³-hybridized carbons (Fsp3) is 0.286. The van der Waals surface area contributed by atoms with Gasteiger partial charge in [0.15, 0.2) is 5.11 Å². The summed E-state index contributed by atoms with van der Waals surface area (Å²) in [6, 6.07) is 12.0. The zero-order chi connectivity index (χ0) is 21.9. The molecule has 0 aliphatic heterocycles. The van der Waals surface area contributed by atoms with Gasteiger partial charge < -0.3 is 9.47 Å². The van der Waals surface area contributed by atoms with Crippen LogP contribution in [0.2, 0.25) is 0 Å². The van der Waals surface area contributed by atoms with Crippen molar-refractivity contribution in [3.63, 3.8) is 0 Å². The molecule has 30 heavy (non-hydrogen) atoms. The summed E-state index contributed by atoms with van der Waals surface area (Å²) in [5, 5.41) is 2.51. The van der Waals surface area contributed by atoms with E-state index in [4.69, 9.17) is 21.7 Å². The van der Waals surface area contributed by atoms with E-state index in [0.717, 1.165) is 22.8 Å². The number of amides is 2. The lowest BCUT2D eigenvalue weighted by Crippen LogP contribution is -2.48. The molecule has 7 nitrogen and oxygen atoms in total. The van der Waals surface area contributed by atoms with Crippen molar-refractivity contribution < 1.29 is 19.1 Å². The normalized spacial score (nSPS) is 10.1. The van der Waals surface area contributed by atoms with Crippen LogP contribution in [0.5, 0.6) is 11.5 Å². The molecule has 2 aromatic carbocycles. The Bertz CT molecular complexity index is 908. The first-order valence-corrected chi connectivity index (χ1v) is 10.9. The number of rotatable bonds is 8. The Balaban J connectivity index is 1.90. The zero-order valence-corrected chi connectivity index (χ0v) is 19.8. The molecular formula is C21H24IN3O4S. The molecule has 2 aromatic rings. The molecule has 0 saturated carbocycles. The monoisotopic (exact) mass is 541 g/mol. The van der Waals surface area contributed by atoms with Gasteiger partial charge in [-0.15, -0.1) is 0 Å². The smallest absolute Gasteiger partial charge is 0.269 e. The number of carbonyl (C=O) groups is 2. The van der Waals surface area contributed by atoms with E-state index in [1.165, 1.54) is 0 Å². The van der Waals surface area contributed by atoms with E-state index < -0.39 is 11.8 Å². The lowest BCUT2D eigenvalue weighted by molar-refractivity contribution is 0.0933. The number of benzene rings is 2. The zero-order valence-electron chi connectivity index (χ0n) is 16.8. The van der Waals surface area contributed by atoms with Gasteiger partial charge in [-0.2, -0.15) is 0 Å². The van der Waals surface area contributed by atoms with Crippen molar-refractivity contribution in [1.29, 1.82) is 0 Å². The fourth-order valence-electron chi connectivity index (χ4n) is 2.51. The number of hydrogen-bond acceptors (Lipinski definition) is 5. The molecule has 2 amide bonds. The lowest BCUT2D eigenvalue weighted by atomic mass is 10.2. The summed E-state index contributed by atoms with van der Waals surface area (Å²) in [5.41, 5.74) is 5.79. The first kappa shape index (κ1) is 23.9. The van der Waals surface area contributed by atoms with Crippen LogP contribution in [0.25, 0.3) is 0 Å². The lowest BCUT2D eigenvalue weighted by Gasteiger charge is -2.13. The molecule has 2 rings (SSSR count). The van der Waals surface area contributed by atoms with Crippen molar-refractivity contribution in [2.24, 2.45) is 0 Å². The second-order valence-electron chi connectivity index (χ2n) is 6.26. The van der Waals surface area contributed by atoms with Crippen molar-refractivity contribution in [1.82, 2.24) is 16.2 Å². The van der Waals surface area contributed by atoms with Crippen LogP contribution in [0.15, 0.2) is 42.5 Å². The molecular weight excluding hydrogens is 517 g/mol. The number of nitrogens with one attached hydrogen (secondary N) is 3. The molecule has 0 atom stereocenters. The SMILES string of the molecule is CCCCCOc1ccccc1C(=O)NC(=S)NNC(=O)c1ccc(OC)c(I)c1. The van der Waals surface area contributed by atoms with E-state index in [0.29, 0.717) is 29.2 Å². The van der Waals surface area contributed by atoms with Gasteiger partial charge in [0, 0.05) is 5.56 Å². The Kier molecular flexibility index (Phi) is 9.81. The summed E-state index contributed by atoms with van der Waals surface area (Å²) in [7, 11) is 1.56. The van der Waals surface area contributed by atoms with Crippen molar-refractivity contribution in [3.05, 3.63) is 57.2 Å². The van der Waals surface area contributed by atoms with Crippen molar-refractivity contribution in [2.75, 3.05) is 13.7 Å². The summed E-state index contributed by atoms with van der Waals surface area (Å²) in [5.74, 6) is 0.350. The highest BCUT2D eigenvalue weighted by molar-refractivity contribution is 14.1. The average molecular weight is 541 g/mol. The summed E-state index contributed by atoms with van der Waals surface area (Å²) >= 11 is 7.19. The number of ether oxygens (including phenoxy) is 2. The van der Waals surface area contributed by atoms with Crippen LogP contribution in [0.4, 0.5) is 0 Å². The molecule has 0 aliphatic carbocycles. The van der Waals surface area contributed by atoms with E-state index in [1.807, 2.05) is 0 Å². The molecule has 0 unspecified atom stereocenters. The Labute approximate surface area is 195 Å². The summed E-state index contributed by atoms with van der Waals surface area (Å²) in [6.07, 6.45) is 3.07. The first-order chi connectivity index (χ1) is 14.5. The van der Waals surface area contributed by atoms with Gasteiger partial charge in [-0.05, 0) is 71.6 Å². The van der Waals surface area contributed by atoms with Crippen LogP contribution in [-0.2, 0) is 0 Å². The molecule has 0 radical (unpaired) electrons. The highest BCUT2D eigenvalue weighted by Crippen LogP contribution is 2.21. The third-order valence-corrected chi connectivity index (χ3v) is 5.11. The number of methoxy groups -OCH3 is 1. The van der Waals surface area contributed by atoms with Crippen molar-refractivity contribution in [3.8, 4) is 11.5 Å². The van der Waals surface area contributed by atoms with Gasteiger partial charge in [-0.25, -0.2) is 0 Å². The van der Waals surface area contributed by atoms with Crippen LogP contribution in [-0.4, -0.2) is 30.6 Å². The number of halogens is 1. The van der Waals surface area contributed by atoms with Gasteiger partial charge in [0.1, 0.15) is 11.5 Å². The predicted molar refractivity (Wildman–Crippen MR) is 128 cm³/mol. The van der Waals surface area contributed by atoms with E-state index in [1.54, 1.807) is 49.6 Å². The maximum absolute atomic E-state index is 12.5. The molecule has 0 saturated heterocycles. The predicted octanol–water partition coefficient (Wildman–Crippen LogP) is 3.82. The standard InChI is InChI=1S/C21H24IN3O4S/c1-3-4-7-12-29-17-9-6-5-8-15(17)20(27)23-21(30)25-24-19(26)14-10-11-18(28-2)16(22)13-14/h5-6,8-11,13H,3-4,7,12H2,1-2H3,(H,24,26)(H2,23,25,27,30). The summed E-state index contributed by atoms with van der Waals surface area (Å²) in [6.45, 7) is 2.65. The number of hydrazine groups is 1. The molecule has 160 valence electrons. The van der Waals surface area contributed by atoms with Crippen LogP contribution >= 0.6 is 34.8 Å². The van der Waals surface area contributed by atoms with Crippen LogP contribution in [0.1, 0.15) is 46.9 Å². The van der Waals surface area contributed by atoms with Crippen molar-refractivity contribution in [2.45, 2.75) is 26.2 Å². The molecule has 0 aliphatic rings. The number of hydrogen-bond donors (Lipinski definition) is 3. The average Bonchev–Trinajstić information content (AvgIpc) is 2.75. The highest BCUT2D eigenvalue weighted by Gasteiger charge is 2.14. The van der Waals surface area contributed by atoms with Gasteiger partial charge in [0.2, 0.25) is 0 Å².